The first-order valence-corrected chi connectivity index (χ1v) is 8.61. The van der Waals surface area contributed by atoms with E-state index in [1.165, 1.54) is 0 Å². The van der Waals surface area contributed by atoms with E-state index in [0.717, 1.165) is 25.7 Å². The van der Waals surface area contributed by atoms with Gasteiger partial charge in [0.15, 0.2) is 0 Å². The molecule has 0 unspecified atom stereocenters. The maximum Gasteiger partial charge on any atom is 0.0476 e. The molecule has 0 N–H and O–H groups in total. The fourth-order valence-electron chi connectivity index (χ4n) is 3.38. The average molecular weight is 312 g/mol. The van der Waals surface area contributed by atoms with Gasteiger partial charge in [-0.3, -0.25) is 0 Å². The number of carboxylic acid groups (broad SMARTS) is 2. The van der Waals surface area contributed by atoms with Crippen LogP contribution in [0.4, 0.5) is 0 Å². The second-order valence-electron chi connectivity index (χ2n) is 7.40. The van der Waals surface area contributed by atoms with E-state index >= 15 is 0 Å². The van der Waals surface area contributed by atoms with Crippen molar-refractivity contribution in [3.8, 4) is 0 Å². The van der Waals surface area contributed by atoms with Gasteiger partial charge in [0, 0.05) is 17.4 Å². The Bertz CT molecular complexity index is 324. The summed E-state index contributed by atoms with van der Waals surface area (Å²) in [4.78, 5) is 22.1. The number of carboxylic acids is 2. The van der Waals surface area contributed by atoms with Crippen LogP contribution in [0.25, 0.3) is 0 Å². The monoisotopic (exact) mass is 312 g/mol. The van der Waals surface area contributed by atoms with Crippen molar-refractivity contribution in [1.29, 1.82) is 0 Å². The third-order valence-electron chi connectivity index (χ3n) is 4.07. The minimum Gasteiger partial charge on any atom is -0.550 e. The third-order valence-corrected chi connectivity index (χ3v) is 4.07. The van der Waals surface area contributed by atoms with Gasteiger partial charge in [-0.2, -0.15) is 0 Å². The van der Waals surface area contributed by atoms with E-state index in [9.17, 15) is 19.8 Å². The Balaban J connectivity index is 4.34. The maximum absolute atomic E-state index is 11.8. The molecule has 130 valence electrons. The van der Waals surface area contributed by atoms with Crippen LogP contribution in [0.15, 0.2) is 0 Å². The van der Waals surface area contributed by atoms with Crippen molar-refractivity contribution >= 4 is 11.9 Å². The minimum atomic E-state index is -0.996. The van der Waals surface area contributed by atoms with Crippen molar-refractivity contribution in [3.63, 3.8) is 0 Å². The minimum absolute atomic E-state index is 0.115. The number of hydrogen-bond acceptors (Lipinski definition) is 4. The van der Waals surface area contributed by atoms with Crippen molar-refractivity contribution < 1.29 is 19.8 Å². The first-order valence-electron chi connectivity index (χ1n) is 8.61. The van der Waals surface area contributed by atoms with Gasteiger partial charge < -0.3 is 19.8 Å². The van der Waals surface area contributed by atoms with Crippen LogP contribution >= 0.6 is 0 Å². The molecular formula is C18H32O4-2. The molecule has 0 bridgehead atoms. The van der Waals surface area contributed by atoms with Gasteiger partial charge in [0.05, 0.1) is 0 Å². The SMILES string of the molecule is CC(C)CC(CCCCCCCC(=O)[O-])(CC(C)C)C(=O)[O-]. The zero-order valence-corrected chi connectivity index (χ0v) is 14.7. The first-order chi connectivity index (χ1) is 10.2. The van der Waals surface area contributed by atoms with Crippen LogP contribution in [0.2, 0.25) is 0 Å². The molecule has 0 rings (SSSR count). The highest BCUT2D eigenvalue weighted by atomic mass is 16.4. The van der Waals surface area contributed by atoms with Crippen molar-refractivity contribution in [1.82, 2.24) is 0 Å². The largest absolute Gasteiger partial charge is 0.550 e. The lowest BCUT2D eigenvalue weighted by Gasteiger charge is -2.38. The van der Waals surface area contributed by atoms with Gasteiger partial charge in [0.2, 0.25) is 0 Å². The smallest absolute Gasteiger partial charge is 0.0476 e. The lowest BCUT2D eigenvalue weighted by Crippen LogP contribution is -2.44. The van der Waals surface area contributed by atoms with Gasteiger partial charge in [0.1, 0.15) is 0 Å². The third kappa shape index (κ3) is 9.06. The van der Waals surface area contributed by atoms with Crippen molar-refractivity contribution in [2.45, 2.75) is 85.5 Å². The van der Waals surface area contributed by atoms with E-state index in [4.69, 9.17) is 0 Å². The standard InChI is InChI=1S/C18H34O4/c1-14(2)12-18(17(21)22,13-15(3)4)11-9-7-5-6-8-10-16(19)20/h14-15H,5-13H2,1-4H3,(H,19,20)(H,21,22)/p-2. The fourth-order valence-corrected chi connectivity index (χ4v) is 3.38. The Labute approximate surface area is 135 Å². The van der Waals surface area contributed by atoms with Crippen molar-refractivity contribution in [3.05, 3.63) is 0 Å². The van der Waals surface area contributed by atoms with Gasteiger partial charge in [0.25, 0.3) is 0 Å². The summed E-state index contributed by atoms with van der Waals surface area (Å²) in [7, 11) is 0. The summed E-state index contributed by atoms with van der Waals surface area (Å²) in [6.07, 6.45) is 6.36. The summed E-state index contributed by atoms with van der Waals surface area (Å²) in [5.41, 5.74) is -0.715. The zero-order chi connectivity index (χ0) is 17.2. The molecular weight excluding hydrogens is 280 g/mol. The fraction of sp³-hybridized carbons (Fsp3) is 0.889. The van der Waals surface area contributed by atoms with Crippen LogP contribution in [0, 0.1) is 17.3 Å². The molecule has 0 atom stereocenters. The summed E-state index contributed by atoms with van der Waals surface area (Å²) in [6, 6.07) is 0. The number of carbonyl (C=O) groups is 2. The molecule has 4 nitrogen and oxygen atoms in total. The molecule has 0 amide bonds. The zero-order valence-electron chi connectivity index (χ0n) is 14.7. The topological polar surface area (TPSA) is 80.3 Å². The van der Waals surface area contributed by atoms with Crippen LogP contribution < -0.4 is 10.2 Å². The molecule has 0 fully saturated rings. The van der Waals surface area contributed by atoms with Crippen LogP contribution in [0.3, 0.4) is 0 Å². The molecule has 0 aliphatic heterocycles. The maximum atomic E-state index is 11.8. The van der Waals surface area contributed by atoms with Gasteiger partial charge >= 0.3 is 0 Å². The van der Waals surface area contributed by atoms with E-state index in [1.54, 1.807) is 0 Å². The van der Waals surface area contributed by atoms with E-state index < -0.39 is 17.4 Å². The number of hydrogen-bond donors (Lipinski definition) is 0. The van der Waals surface area contributed by atoms with E-state index in [1.807, 2.05) is 0 Å². The van der Waals surface area contributed by atoms with Gasteiger partial charge in [-0.25, -0.2) is 0 Å². The Morgan fingerprint density at radius 2 is 1.27 bits per heavy atom. The summed E-state index contributed by atoms with van der Waals surface area (Å²) < 4.78 is 0. The molecule has 0 spiro atoms. The Kier molecular flexibility index (Phi) is 10.1. The Hall–Kier alpha value is -1.06. The van der Waals surface area contributed by atoms with E-state index in [2.05, 4.69) is 27.7 Å². The van der Waals surface area contributed by atoms with Crippen LogP contribution in [-0.2, 0) is 9.59 Å². The molecule has 4 heteroatoms. The van der Waals surface area contributed by atoms with Gasteiger partial charge in [-0.15, -0.1) is 0 Å². The molecule has 0 saturated carbocycles. The molecule has 0 aliphatic carbocycles. The second kappa shape index (κ2) is 10.6. The Morgan fingerprint density at radius 3 is 1.68 bits per heavy atom. The lowest BCUT2D eigenvalue weighted by atomic mass is 9.71. The first kappa shape index (κ1) is 20.9. The molecule has 0 saturated heterocycles. The molecule has 22 heavy (non-hydrogen) atoms. The van der Waals surface area contributed by atoms with Crippen LogP contribution in [0.5, 0.6) is 0 Å². The highest BCUT2D eigenvalue weighted by molar-refractivity contribution is 5.72. The average Bonchev–Trinajstić information content (AvgIpc) is 2.35. The summed E-state index contributed by atoms with van der Waals surface area (Å²) >= 11 is 0. The second-order valence-corrected chi connectivity index (χ2v) is 7.40. The van der Waals surface area contributed by atoms with E-state index in [-0.39, 0.29) is 6.42 Å². The summed E-state index contributed by atoms with van der Waals surface area (Å²) in [6.45, 7) is 8.21. The van der Waals surface area contributed by atoms with E-state index in [0.29, 0.717) is 37.5 Å². The predicted molar refractivity (Wildman–Crippen MR) is 83.7 cm³/mol. The van der Waals surface area contributed by atoms with Crippen molar-refractivity contribution in [2.75, 3.05) is 0 Å². The number of rotatable bonds is 13. The summed E-state index contributed by atoms with van der Waals surface area (Å²) in [5.74, 6) is -1.24. The quantitative estimate of drug-likeness (QED) is 0.489. The normalized spacial score (nSPS) is 12.1. The molecule has 0 heterocycles. The number of unbranched alkanes of at least 4 members (excludes halogenated alkanes) is 4. The van der Waals surface area contributed by atoms with Crippen molar-refractivity contribution in [2.24, 2.45) is 17.3 Å². The highest BCUT2D eigenvalue weighted by Crippen LogP contribution is 2.38. The number of aliphatic carboxylic acids is 2. The summed E-state index contributed by atoms with van der Waals surface area (Å²) in [5, 5.41) is 22.1. The van der Waals surface area contributed by atoms with Gasteiger partial charge in [-0.1, -0.05) is 53.4 Å². The Morgan fingerprint density at radius 1 is 0.818 bits per heavy atom. The molecule has 0 radical (unpaired) electrons. The van der Waals surface area contributed by atoms with Gasteiger partial charge in [-0.05, 0) is 43.9 Å². The van der Waals surface area contributed by atoms with Crippen LogP contribution in [-0.4, -0.2) is 11.9 Å². The lowest BCUT2D eigenvalue weighted by molar-refractivity contribution is -0.321. The predicted octanol–water partition coefficient (Wildman–Crippen LogP) is 2.30. The number of carbonyl (C=O) groups excluding carboxylic acids is 2. The highest BCUT2D eigenvalue weighted by Gasteiger charge is 2.32. The van der Waals surface area contributed by atoms with Crippen LogP contribution in [0.1, 0.15) is 85.5 Å². The molecule has 0 aromatic heterocycles. The molecule has 0 aromatic rings. The molecule has 0 aromatic carbocycles. The molecule has 0 aliphatic rings.